The molecule has 0 spiro atoms. The molecular weight excluding hydrogens is 491 g/mol. The molecule has 0 unspecified atom stereocenters. The molecule has 1 heterocycles. The number of aliphatic imine (C=N–C) groups is 1. The summed E-state index contributed by atoms with van der Waals surface area (Å²) in [7, 11) is 0. The van der Waals surface area contributed by atoms with Gasteiger partial charge in [-0.2, -0.15) is 13.2 Å². The number of nitrogens with zero attached hydrogens (tertiary/aromatic N) is 2. The quantitative estimate of drug-likeness (QED) is 0.194. The summed E-state index contributed by atoms with van der Waals surface area (Å²) in [5.41, 5.74) is -1.13. The molecule has 0 atom stereocenters. The van der Waals surface area contributed by atoms with Crippen LogP contribution in [0.3, 0.4) is 0 Å². The van der Waals surface area contributed by atoms with Crippen LogP contribution in [0.1, 0.15) is 18.1 Å². The fourth-order valence-corrected chi connectivity index (χ4v) is 2.23. The van der Waals surface area contributed by atoms with Gasteiger partial charge < -0.3 is 15.4 Å². The van der Waals surface area contributed by atoms with Crippen molar-refractivity contribution < 1.29 is 22.3 Å². The fraction of sp³-hybridized carbons (Fsp3) is 0.333. The topological polar surface area (TPSA) is 58.5 Å². The van der Waals surface area contributed by atoms with Crippen molar-refractivity contribution >= 4 is 29.9 Å². The molecule has 5 nitrogen and oxygen atoms in total. The van der Waals surface area contributed by atoms with Crippen LogP contribution in [0.25, 0.3) is 0 Å². The van der Waals surface area contributed by atoms with Crippen LogP contribution < -0.4 is 15.4 Å². The van der Waals surface area contributed by atoms with Crippen molar-refractivity contribution in [1.82, 2.24) is 15.6 Å². The largest absolute Gasteiger partial charge is 0.490 e. The first-order chi connectivity index (χ1) is 12.9. The summed E-state index contributed by atoms with van der Waals surface area (Å²) in [5, 5.41) is 5.91. The Morgan fingerprint density at radius 2 is 2.00 bits per heavy atom. The maximum absolute atomic E-state index is 13.2. The van der Waals surface area contributed by atoms with Crippen LogP contribution in [0.5, 0.6) is 5.75 Å². The third-order valence-corrected chi connectivity index (χ3v) is 3.43. The molecule has 0 saturated carbocycles. The summed E-state index contributed by atoms with van der Waals surface area (Å²) in [6.45, 7) is 2.83. The minimum atomic E-state index is -4.64. The zero-order valence-electron chi connectivity index (χ0n) is 15.1. The number of alkyl halides is 3. The Kier molecular flexibility index (Phi) is 9.97. The molecule has 1 aromatic carbocycles. The van der Waals surface area contributed by atoms with Crippen molar-refractivity contribution in [1.29, 1.82) is 0 Å². The second kappa shape index (κ2) is 11.7. The lowest BCUT2D eigenvalue weighted by molar-refractivity contribution is -0.138. The first-order valence-electron chi connectivity index (χ1n) is 8.30. The van der Waals surface area contributed by atoms with Gasteiger partial charge >= 0.3 is 6.18 Å². The van der Waals surface area contributed by atoms with Crippen molar-refractivity contribution in [3.05, 3.63) is 59.7 Å². The molecule has 2 N–H and O–H groups in total. The summed E-state index contributed by atoms with van der Waals surface area (Å²) < 4.78 is 57.8. The number of aromatic nitrogens is 1. The van der Waals surface area contributed by atoms with E-state index in [9.17, 15) is 17.6 Å². The zero-order chi connectivity index (χ0) is 19.7. The van der Waals surface area contributed by atoms with E-state index in [1.54, 1.807) is 24.5 Å². The van der Waals surface area contributed by atoms with Crippen LogP contribution in [-0.4, -0.2) is 30.6 Å². The van der Waals surface area contributed by atoms with Crippen LogP contribution in [0.2, 0.25) is 0 Å². The van der Waals surface area contributed by atoms with Gasteiger partial charge in [0.25, 0.3) is 0 Å². The number of guanidine groups is 1. The number of nitrogens with one attached hydrogen (secondary N) is 2. The van der Waals surface area contributed by atoms with Crippen LogP contribution in [-0.2, 0) is 12.7 Å². The van der Waals surface area contributed by atoms with E-state index in [2.05, 4.69) is 20.6 Å². The van der Waals surface area contributed by atoms with Crippen LogP contribution in [0.4, 0.5) is 17.6 Å². The minimum Gasteiger partial charge on any atom is -0.490 e. The Labute approximate surface area is 177 Å². The lowest BCUT2D eigenvalue weighted by Crippen LogP contribution is -2.39. The average Bonchev–Trinajstić information content (AvgIpc) is 2.64. The molecule has 0 aliphatic carbocycles. The van der Waals surface area contributed by atoms with Gasteiger partial charge in [0, 0.05) is 12.7 Å². The number of hydrogen-bond donors (Lipinski definition) is 2. The van der Waals surface area contributed by atoms with Gasteiger partial charge in [-0.15, -0.1) is 24.0 Å². The molecule has 0 fully saturated rings. The van der Waals surface area contributed by atoms with Gasteiger partial charge in [0.2, 0.25) is 0 Å². The van der Waals surface area contributed by atoms with Crippen molar-refractivity contribution in [2.45, 2.75) is 19.6 Å². The van der Waals surface area contributed by atoms with E-state index in [1.165, 1.54) is 0 Å². The van der Waals surface area contributed by atoms with E-state index in [0.717, 1.165) is 12.1 Å². The highest BCUT2D eigenvalue weighted by Gasteiger charge is 2.33. The third kappa shape index (κ3) is 7.87. The normalized spacial score (nSPS) is 11.5. The Bertz CT molecular complexity index is 757. The van der Waals surface area contributed by atoms with Gasteiger partial charge in [-0.25, -0.2) is 9.38 Å². The average molecular weight is 512 g/mol. The molecule has 154 valence electrons. The molecule has 2 rings (SSSR count). The smallest absolute Gasteiger partial charge is 0.416 e. The first kappa shape index (κ1) is 23.9. The molecule has 28 heavy (non-hydrogen) atoms. The molecule has 0 radical (unpaired) electrons. The monoisotopic (exact) mass is 512 g/mol. The molecule has 0 aliphatic heterocycles. The number of rotatable bonds is 7. The number of ether oxygens (including phenoxy) is 1. The highest BCUT2D eigenvalue weighted by atomic mass is 127. The lowest BCUT2D eigenvalue weighted by Gasteiger charge is -2.14. The summed E-state index contributed by atoms with van der Waals surface area (Å²) in [4.78, 5) is 8.06. The van der Waals surface area contributed by atoms with Gasteiger partial charge in [0.1, 0.15) is 18.2 Å². The van der Waals surface area contributed by atoms with Gasteiger partial charge in [-0.3, -0.25) is 4.98 Å². The van der Waals surface area contributed by atoms with E-state index in [4.69, 9.17) is 4.74 Å². The van der Waals surface area contributed by atoms with E-state index in [-0.39, 0.29) is 36.1 Å². The second-order valence-corrected chi connectivity index (χ2v) is 5.46. The van der Waals surface area contributed by atoms with Crippen LogP contribution in [0.15, 0.2) is 47.7 Å². The predicted octanol–water partition coefficient (Wildman–Crippen LogP) is 3.99. The Morgan fingerprint density at radius 3 is 2.64 bits per heavy atom. The Balaban J connectivity index is 0.00000392. The molecule has 2 aromatic rings. The van der Waals surface area contributed by atoms with E-state index in [0.29, 0.717) is 37.5 Å². The van der Waals surface area contributed by atoms with Gasteiger partial charge in [-0.05, 0) is 36.8 Å². The predicted molar refractivity (Wildman–Crippen MR) is 109 cm³/mol. The number of hydrogen-bond acceptors (Lipinski definition) is 3. The number of benzene rings is 1. The molecule has 0 bridgehead atoms. The SMILES string of the molecule is CCNC(=NCc1ccc(F)cc1C(F)(F)F)NCCOc1cccnc1.I. The van der Waals surface area contributed by atoms with E-state index < -0.39 is 17.6 Å². The van der Waals surface area contributed by atoms with E-state index in [1.807, 2.05) is 6.92 Å². The van der Waals surface area contributed by atoms with E-state index >= 15 is 0 Å². The summed E-state index contributed by atoms with van der Waals surface area (Å²) in [6, 6.07) is 6.07. The van der Waals surface area contributed by atoms with Gasteiger partial charge in [0.15, 0.2) is 5.96 Å². The van der Waals surface area contributed by atoms with Gasteiger partial charge in [0.05, 0.1) is 24.8 Å². The summed E-state index contributed by atoms with van der Waals surface area (Å²) in [5.74, 6) is 0.0137. The minimum absolute atomic E-state index is 0. The lowest BCUT2D eigenvalue weighted by atomic mass is 10.1. The third-order valence-electron chi connectivity index (χ3n) is 3.43. The van der Waals surface area contributed by atoms with Gasteiger partial charge in [-0.1, -0.05) is 6.07 Å². The van der Waals surface area contributed by atoms with Crippen molar-refractivity contribution in [2.24, 2.45) is 4.99 Å². The maximum atomic E-state index is 13.2. The molecular formula is C18H21F4IN4O. The summed E-state index contributed by atoms with van der Waals surface area (Å²) in [6.07, 6.45) is -1.44. The number of pyridine rings is 1. The standard InChI is InChI=1S/C18H20F4N4O.HI/c1-2-24-17(25-8-9-27-15-4-3-7-23-12-15)26-11-13-5-6-14(19)10-16(13)18(20,21)22;/h3-7,10,12H,2,8-9,11H2,1H3,(H2,24,25,26);1H. The highest BCUT2D eigenvalue weighted by Crippen LogP contribution is 2.32. The Hall–Kier alpha value is -2.11. The van der Waals surface area contributed by atoms with Crippen LogP contribution in [0, 0.1) is 5.82 Å². The van der Waals surface area contributed by atoms with Crippen LogP contribution >= 0.6 is 24.0 Å². The molecule has 1 aromatic heterocycles. The molecule has 0 amide bonds. The molecule has 0 aliphatic rings. The number of halogens is 5. The molecule has 0 saturated heterocycles. The molecule has 10 heteroatoms. The Morgan fingerprint density at radius 1 is 1.21 bits per heavy atom. The fourth-order valence-electron chi connectivity index (χ4n) is 2.23. The highest BCUT2D eigenvalue weighted by molar-refractivity contribution is 14.0. The second-order valence-electron chi connectivity index (χ2n) is 5.46. The van der Waals surface area contributed by atoms with Crippen molar-refractivity contribution in [3.63, 3.8) is 0 Å². The van der Waals surface area contributed by atoms with Crippen molar-refractivity contribution in [3.8, 4) is 5.75 Å². The summed E-state index contributed by atoms with van der Waals surface area (Å²) >= 11 is 0. The first-order valence-corrected chi connectivity index (χ1v) is 8.30. The maximum Gasteiger partial charge on any atom is 0.416 e. The zero-order valence-corrected chi connectivity index (χ0v) is 17.4. The van der Waals surface area contributed by atoms with Crippen molar-refractivity contribution in [2.75, 3.05) is 19.7 Å².